The lowest BCUT2D eigenvalue weighted by atomic mass is 10.0. The average Bonchev–Trinajstić information content (AvgIpc) is 3.09. The van der Waals surface area contributed by atoms with Crippen molar-refractivity contribution in [1.29, 1.82) is 0 Å². The van der Waals surface area contributed by atoms with Crippen LogP contribution in [0.2, 0.25) is 17.6 Å². The van der Waals surface area contributed by atoms with Crippen LogP contribution in [0, 0.1) is 5.92 Å². The maximum Gasteiger partial charge on any atom is 0.0975 e. The van der Waals surface area contributed by atoms with E-state index >= 15 is 0 Å². The first-order valence-electron chi connectivity index (χ1n) is 7.68. The van der Waals surface area contributed by atoms with Gasteiger partial charge in [0.1, 0.15) is 0 Å². The lowest BCUT2D eigenvalue weighted by molar-refractivity contribution is 0.745. The Labute approximate surface area is 118 Å². The first-order valence-corrected chi connectivity index (χ1v) is 10.2. The zero-order valence-corrected chi connectivity index (χ0v) is 13.1. The number of benzene rings is 1. The van der Waals surface area contributed by atoms with Crippen LogP contribution in [-0.2, 0) is 0 Å². The molecule has 1 saturated heterocycles. The van der Waals surface area contributed by atoms with Gasteiger partial charge in [-0.25, -0.2) is 0 Å². The summed E-state index contributed by atoms with van der Waals surface area (Å²) in [6.07, 6.45) is 10.1. The zero-order valence-electron chi connectivity index (χ0n) is 12.1. The summed E-state index contributed by atoms with van der Waals surface area (Å²) in [6.45, 7) is 4.71. The highest BCUT2D eigenvalue weighted by atomic mass is 28.3. The van der Waals surface area contributed by atoms with E-state index < -0.39 is 8.07 Å². The molecule has 0 N–H and O–H groups in total. The van der Waals surface area contributed by atoms with E-state index in [-0.39, 0.29) is 0 Å². The maximum absolute atomic E-state index is 2.51. The first kappa shape index (κ1) is 12.9. The van der Waals surface area contributed by atoms with Crippen LogP contribution in [0.15, 0.2) is 54.1 Å². The Morgan fingerprint density at radius 1 is 1.05 bits per heavy atom. The lowest BCUT2D eigenvalue weighted by Gasteiger charge is -2.36. The van der Waals surface area contributed by atoms with Crippen molar-refractivity contribution >= 4 is 13.3 Å². The highest BCUT2D eigenvalue weighted by Crippen LogP contribution is 2.47. The predicted octanol–water partition coefficient (Wildman–Crippen LogP) is 4.66. The maximum atomic E-state index is 2.51. The van der Waals surface area contributed by atoms with Crippen LogP contribution in [0.3, 0.4) is 0 Å². The largest absolute Gasteiger partial charge is 0.0975 e. The smallest absolute Gasteiger partial charge is 0.0797 e. The molecule has 0 nitrogen and oxygen atoms in total. The summed E-state index contributed by atoms with van der Waals surface area (Å²) in [4.78, 5) is 0. The molecule has 1 heteroatoms. The molecule has 1 aromatic carbocycles. The normalized spacial score (nSPS) is 25.0. The van der Waals surface area contributed by atoms with Crippen LogP contribution in [0.1, 0.15) is 26.7 Å². The van der Waals surface area contributed by atoms with E-state index in [9.17, 15) is 0 Å². The Morgan fingerprint density at radius 2 is 1.74 bits per heavy atom. The van der Waals surface area contributed by atoms with Gasteiger partial charge in [0.15, 0.2) is 0 Å². The first-order chi connectivity index (χ1) is 9.24. The molecule has 0 aromatic heterocycles. The fourth-order valence-corrected chi connectivity index (χ4v) is 10.1. The number of allylic oxidation sites excluding steroid dienone is 4. The van der Waals surface area contributed by atoms with Crippen molar-refractivity contribution in [3.05, 3.63) is 54.1 Å². The molecule has 1 unspecified atom stereocenters. The topological polar surface area (TPSA) is 0 Å². The highest BCUT2D eigenvalue weighted by Gasteiger charge is 2.46. The average molecular weight is 268 g/mol. The molecule has 1 atom stereocenters. The van der Waals surface area contributed by atoms with Crippen molar-refractivity contribution in [3.8, 4) is 0 Å². The molecule has 100 valence electrons. The Hall–Kier alpha value is -1.08. The fourth-order valence-electron chi connectivity index (χ4n) is 4.10. The molecule has 1 aliphatic carbocycles. The Morgan fingerprint density at radius 3 is 2.37 bits per heavy atom. The van der Waals surface area contributed by atoms with Crippen LogP contribution < -0.4 is 5.19 Å². The highest BCUT2D eigenvalue weighted by molar-refractivity contribution is 6.94. The van der Waals surface area contributed by atoms with E-state index in [2.05, 4.69) is 62.4 Å². The number of hydrogen-bond acceptors (Lipinski definition) is 0. The molecule has 0 saturated carbocycles. The quantitative estimate of drug-likeness (QED) is 0.700. The van der Waals surface area contributed by atoms with E-state index in [4.69, 9.17) is 0 Å². The third-order valence-electron chi connectivity index (χ3n) is 5.06. The van der Waals surface area contributed by atoms with Crippen molar-refractivity contribution in [3.63, 3.8) is 0 Å². The van der Waals surface area contributed by atoms with Gasteiger partial charge in [0.25, 0.3) is 0 Å². The second kappa shape index (κ2) is 5.13. The van der Waals surface area contributed by atoms with Crippen LogP contribution in [0.25, 0.3) is 0 Å². The van der Waals surface area contributed by atoms with Crippen molar-refractivity contribution < 1.29 is 0 Å². The van der Waals surface area contributed by atoms with Crippen LogP contribution in [0.4, 0.5) is 0 Å². The summed E-state index contributed by atoms with van der Waals surface area (Å²) in [7, 11) is -1.36. The van der Waals surface area contributed by atoms with Crippen molar-refractivity contribution in [2.45, 2.75) is 44.3 Å². The zero-order chi connectivity index (χ0) is 13.3. The molecular formula is C18H24Si. The van der Waals surface area contributed by atoms with Gasteiger partial charge < -0.3 is 0 Å². The van der Waals surface area contributed by atoms with Gasteiger partial charge in [-0.3, -0.25) is 0 Å². The second-order valence-electron chi connectivity index (χ2n) is 6.41. The van der Waals surface area contributed by atoms with E-state index in [0.29, 0.717) is 5.92 Å². The summed E-state index contributed by atoms with van der Waals surface area (Å²) in [6, 6.07) is 14.4. The Balaban J connectivity index is 2.03. The van der Waals surface area contributed by atoms with Gasteiger partial charge in [-0.1, -0.05) is 98.1 Å². The van der Waals surface area contributed by atoms with Gasteiger partial charge in [-0.2, -0.15) is 0 Å². The van der Waals surface area contributed by atoms with Gasteiger partial charge in [-0.05, 0) is 11.5 Å². The molecule has 0 spiro atoms. The summed E-state index contributed by atoms with van der Waals surface area (Å²) < 4.78 is 0. The van der Waals surface area contributed by atoms with Crippen LogP contribution in [-0.4, -0.2) is 8.07 Å². The van der Waals surface area contributed by atoms with E-state index in [1.54, 1.807) is 10.8 Å². The number of rotatable bonds is 3. The monoisotopic (exact) mass is 268 g/mol. The minimum Gasteiger partial charge on any atom is -0.0797 e. The third kappa shape index (κ3) is 2.14. The molecule has 3 rings (SSSR count). The molecule has 1 fully saturated rings. The molecular weight excluding hydrogens is 244 g/mol. The minimum absolute atomic E-state index is 0.689. The molecule has 0 amide bonds. The number of hydrogen-bond donors (Lipinski definition) is 0. The van der Waals surface area contributed by atoms with Gasteiger partial charge in [0, 0.05) is 0 Å². The van der Waals surface area contributed by atoms with E-state index in [1.807, 2.05) is 0 Å². The van der Waals surface area contributed by atoms with Gasteiger partial charge in [0.05, 0.1) is 8.07 Å². The summed E-state index contributed by atoms with van der Waals surface area (Å²) >= 11 is 0. The summed E-state index contributed by atoms with van der Waals surface area (Å²) in [5, 5.41) is 1.69. The molecule has 1 aliphatic heterocycles. The molecule has 2 aliphatic rings. The van der Waals surface area contributed by atoms with Gasteiger partial charge >= 0.3 is 0 Å². The Bertz CT molecular complexity index is 490. The lowest BCUT2D eigenvalue weighted by Crippen LogP contribution is -2.49. The predicted molar refractivity (Wildman–Crippen MR) is 86.5 cm³/mol. The standard InChI is InChI=1S/C18H24Si/c1-15(2)17-11-8-12-18(17)19(13-6-7-14-19)16-9-4-3-5-10-16/h3-5,8-12,15,18H,6-7,13-14H2,1-2H3. The van der Waals surface area contributed by atoms with Crippen molar-refractivity contribution in [2.24, 2.45) is 5.92 Å². The summed E-state index contributed by atoms with van der Waals surface area (Å²) in [5.74, 6) is 0.689. The SMILES string of the molecule is CC(C)C1=CC=CC1[Si]1(c2ccccc2)CCCC1. The second-order valence-corrected chi connectivity index (χ2v) is 10.9. The minimum atomic E-state index is -1.36. The van der Waals surface area contributed by atoms with E-state index in [0.717, 1.165) is 5.54 Å². The van der Waals surface area contributed by atoms with Crippen LogP contribution >= 0.6 is 0 Å². The molecule has 0 radical (unpaired) electrons. The third-order valence-corrected chi connectivity index (χ3v) is 10.7. The van der Waals surface area contributed by atoms with Gasteiger partial charge in [0.2, 0.25) is 0 Å². The molecule has 1 aromatic rings. The van der Waals surface area contributed by atoms with Crippen molar-refractivity contribution in [1.82, 2.24) is 0 Å². The summed E-state index contributed by atoms with van der Waals surface area (Å²) in [5.41, 5.74) is 2.45. The van der Waals surface area contributed by atoms with Crippen LogP contribution in [0.5, 0.6) is 0 Å². The molecule has 19 heavy (non-hydrogen) atoms. The molecule has 1 heterocycles. The van der Waals surface area contributed by atoms with Gasteiger partial charge in [-0.15, -0.1) is 0 Å². The van der Waals surface area contributed by atoms with Crippen molar-refractivity contribution in [2.75, 3.05) is 0 Å². The van der Waals surface area contributed by atoms with E-state index in [1.165, 1.54) is 24.9 Å². The Kier molecular flexibility index (Phi) is 3.49. The molecule has 0 bridgehead atoms. The fraction of sp³-hybridized carbons (Fsp3) is 0.444.